The molecule has 1 saturated carbocycles. The van der Waals surface area contributed by atoms with E-state index in [-0.39, 0.29) is 5.91 Å². The van der Waals surface area contributed by atoms with Crippen molar-refractivity contribution in [3.63, 3.8) is 0 Å². The van der Waals surface area contributed by atoms with Crippen LogP contribution < -0.4 is 10.1 Å². The molecule has 0 aromatic heterocycles. The highest BCUT2D eigenvalue weighted by molar-refractivity contribution is 5.78. The van der Waals surface area contributed by atoms with E-state index in [2.05, 4.69) is 24.1 Å². The van der Waals surface area contributed by atoms with Gasteiger partial charge in [-0.3, -0.25) is 9.69 Å². The van der Waals surface area contributed by atoms with Crippen LogP contribution in [0.15, 0.2) is 24.3 Å². The summed E-state index contributed by atoms with van der Waals surface area (Å²) in [5.74, 6) is 1.64. The van der Waals surface area contributed by atoms with Gasteiger partial charge in [-0.2, -0.15) is 0 Å². The molecule has 1 amide bonds. The van der Waals surface area contributed by atoms with Gasteiger partial charge in [-0.05, 0) is 49.4 Å². The predicted octanol–water partition coefficient (Wildman–Crippen LogP) is 2.82. The van der Waals surface area contributed by atoms with E-state index in [4.69, 9.17) is 4.74 Å². The van der Waals surface area contributed by atoms with Gasteiger partial charge in [0.2, 0.25) is 5.91 Å². The number of hydrogen-bond donors (Lipinski definition) is 1. The molecule has 22 heavy (non-hydrogen) atoms. The maximum absolute atomic E-state index is 12.1. The van der Waals surface area contributed by atoms with Crippen molar-refractivity contribution in [3.05, 3.63) is 29.8 Å². The fourth-order valence-electron chi connectivity index (χ4n) is 2.44. The molecule has 1 N–H and O–H groups in total. The second-order valence-electron chi connectivity index (χ2n) is 6.51. The van der Waals surface area contributed by atoms with Gasteiger partial charge in [0.15, 0.2) is 0 Å². The number of amides is 1. The predicted molar refractivity (Wildman–Crippen MR) is 88.9 cm³/mol. The Labute approximate surface area is 133 Å². The van der Waals surface area contributed by atoms with E-state index >= 15 is 0 Å². The lowest BCUT2D eigenvalue weighted by Crippen LogP contribution is -2.39. The molecule has 1 aromatic rings. The quantitative estimate of drug-likeness (QED) is 0.763. The summed E-state index contributed by atoms with van der Waals surface area (Å²) >= 11 is 0. The van der Waals surface area contributed by atoms with E-state index in [1.165, 1.54) is 12.8 Å². The highest BCUT2D eigenvalue weighted by atomic mass is 16.5. The minimum absolute atomic E-state index is 0.117. The largest absolute Gasteiger partial charge is 0.497 e. The zero-order valence-corrected chi connectivity index (χ0v) is 14.0. The van der Waals surface area contributed by atoms with Crippen LogP contribution in [-0.2, 0) is 11.3 Å². The lowest BCUT2D eigenvalue weighted by molar-refractivity contribution is -0.122. The molecule has 0 bridgehead atoms. The van der Waals surface area contributed by atoms with Crippen molar-refractivity contribution in [1.82, 2.24) is 10.2 Å². The highest BCUT2D eigenvalue weighted by Gasteiger charge is 2.29. The van der Waals surface area contributed by atoms with Crippen LogP contribution >= 0.6 is 0 Å². The zero-order chi connectivity index (χ0) is 15.9. The SMILES string of the molecule is COc1ccc(CNC(=O)CN(CCC(C)C)C2CC2)cc1. The molecule has 0 heterocycles. The summed E-state index contributed by atoms with van der Waals surface area (Å²) in [5, 5.41) is 3.02. The second-order valence-corrected chi connectivity index (χ2v) is 6.51. The van der Waals surface area contributed by atoms with Gasteiger partial charge in [0, 0.05) is 12.6 Å². The molecule has 122 valence electrons. The van der Waals surface area contributed by atoms with Crippen LogP contribution in [0, 0.1) is 5.92 Å². The molecule has 2 rings (SSSR count). The number of rotatable bonds is 9. The summed E-state index contributed by atoms with van der Waals surface area (Å²) in [6.07, 6.45) is 3.63. The van der Waals surface area contributed by atoms with Crippen LogP contribution in [0.5, 0.6) is 5.75 Å². The highest BCUT2D eigenvalue weighted by Crippen LogP contribution is 2.27. The monoisotopic (exact) mass is 304 g/mol. The molecule has 0 atom stereocenters. The fourth-order valence-corrected chi connectivity index (χ4v) is 2.44. The number of carbonyl (C=O) groups is 1. The van der Waals surface area contributed by atoms with Crippen LogP contribution in [0.4, 0.5) is 0 Å². The lowest BCUT2D eigenvalue weighted by atomic mass is 10.1. The molecule has 0 aliphatic heterocycles. The Morgan fingerprint density at radius 3 is 2.55 bits per heavy atom. The van der Waals surface area contributed by atoms with Crippen molar-refractivity contribution < 1.29 is 9.53 Å². The smallest absolute Gasteiger partial charge is 0.234 e. The summed E-state index contributed by atoms with van der Waals surface area (Å²) in [7, 11) is 1.65. The van der Waals surface area contributed by atoms with Crippen LogP contribution in [0.25, 0.3) is 0 Å². The summed E-state index contributed by atoms with van der Waals surface area (Å²) in [4.78, 5) is 14.5. The maximum atomic E-state index is 12.1. The third kappa shape index (κ3) is 5.68. The van der Waals surface area contributed by atoms with E-state index in [1.807, 2.05) is 24.3 Å². The topological polar surface area (TPSA) is 41.6 Å². The van der Waals surface area contributed by atoms with Gasteiger partial charge in [-0.15, -0.1) is 0 Å². The molecule has 0 saturated heterocycles. The van der Waals surface area contributed by atoms with Crippen LogP contribution in [0.1, 0.15) is 38.7 Å². The van der Waals surface area contributed by atoms with Gasteiger partial charge in [0.05, 0.1) is 13.7 Å². The molecular weight excluding hydrogens is 276 g/mol. The summed E-state index contributed by atoms with van der Waals surface area (Å²) in [6, 6.07) is 8.43. The standard InChI is InChI=1S/C18H28N2O2/c1-14(2)10-11-20(16-6-7-16)13-18(21)19-12-15-4-8-17(22-3)9-5-15/h4-5,8-9,14,16H,6-7,10-13H2,1-3H3,(H,19,21). The van der Waals surface area contributed by atoms with Gasteiger partial charge in [0.1, 0.15) is 5.75 Å². The van der Waals surface area contributed by atoms with E-state index in [0.717, 1.165) is 24.3 Å². The Morgan fingerprint density at radius 1 is 1.32 bits per heavy atom. The Balaban J connectivity index is 1.75. The van der Waals surface area contributed by atoms with E-state index in [9.17, 15) is 4.79 Å². The summed E-state index contributed by atoms with van der Waals surface area (Å²) < 4.78 is 5.13. The van der Waals surface area contributed by atoms with Gasteiger partial charge >= 0.3 is 0 Å². The molecule has 1 aliphatic rings. The van der Waals surface area contributed by atoms with Crippen molar-refractivity contribution >= 4 is 5.91 Å². The Bertz CT molecular complexity index is 466. The molecule has 0 unspecified atom stereocenters. The maximum Gasteiger partial charge on any atom is 0.234 e. The molecule has 1 aliphatic carbocycles. The number of hydrogen-bond acceptors (Lipinski definition) is 3. The third-order valence-electron chi connectivity index (χ3n) is 4.05. The average molecular weight is 304 g/mol. The zero-order valence-electron chi connectivity index (χ0n) is 14.0. The van der Waals surface area contributed by atoms with Crippen molar-refractivity contribution in [2.75, 3.05) is 20.2 Å². The van der Waals surface area contributed by atoms with Gasteiger partial charge in [-0.25, -0.2) is 0 Å². The number of carbonyl (C=O) groups excluding carboxylic acids is 1. The van der Waals surface area contributed by atoms with Crippen LogP contribution in [0.2, 0.25) is 0 Å². The summed E-state index contributed by atoms with van der Waals surface area (Å²) in [5.41, 5.74) is 1.09. The fraction of sp³-hybridized carbons (Fsp3) is 0.611. The molecule has 4 heteroatoms. The van der Waals surface area contributed by atoms with Crippen molar-refractivity contribution in [2.24, 2.45) is 5.92 Å². The third-order valence-corrected chi connectivity index (χ3v) is 4.05. The minimum Gasteiger partial charge on any atom is -0.497 e. The van der Waals surface area contributed by atoms with Crippen molar-refractivity contribution in [3.8, 4) is 5.75 Å². The van der Waals surface area contributed by atoms with E-state index in [0.29, 0.717) is 25.0 Å². The molecule has 4 nitrogen and oxygen atoms in total. The number of nitrogens with one attached hydrogen (secondary N) is 1. The molecule has 1 aromatic carbocycles. The van der Waals surface area contributed by atoms with E-state index in [1.54, 1.807) is 7.11 Å². The Kier molecular flexibility index (Phi) is 6.25. The molecular formula is C18H28N2O2. The normalized spacial score (nSPS) is 14.4. The van der Waals surface area contributed by atoms with Gasteiger partial charge < -0.3 is 10.1 Å². The molecule has 0 radical (unpaired) electrons. The number of methoxy groups -OCH3 is 1. The summed E-state index contributed by atoms with van der Waals surface area (Å²) in [6.45, 7) is 6.58. The number of benzene rings is 1. The average Bonchev–Trinajstić information content (AvgIpc) is 3.34. The Hall–Kier alpha value is -1.55. The van der Waals surface area contributed by atoms with E-state index < -0.39 is 0 Å². The first-order valence-corrected chi connectivity index (χ1v) is 8.22. The number of nitrogens with zero attached hydrogens (tertiary/aromatic N) is 1. The van der Waals surface area contributed by atoms with Crippen molar-refractivity contribution in [1.29, 1.82) is 0 Å². The van der Waals surface area contributed by atoms with Crippen LogP contribution in [0.3, 0.4) is 0 Å². The second kappa shape index (κ2) is 8.18. The van der Waals surface area contributed by atoms with Gasteiger partial charge in [0.25, 0.3) is 0 Å². The molecule has 0 spiro atoms. The first-order chi connectivity index (χ1) is 10.6. The van der Waals surface area contributed by atoms with Gasteiger partial charge in [-0.1, -0.05) is 26.0 Å². The lowest BCUT2D eigenvalue weighted by Gasteiger charge is -2.22. The van der Waals surface area contributed by atoms with Crippen LogP contribution in [-0.4, -0.2) is 37.0 Å². The molecule has 1 fully saturated rings. The first-order valence-electron chi connectivity index (χ1n) is 8.22. The Morgan fingerprint density at radius 2 is 2.00 bits per heavy atom. The number of ether oxygens (including phenoxy) is 1. The minimum atomic E-state index is 0.117. The van der Waals surface area contributed by atoms with Crippen molar-refractivity contribution in [2.45, 2.75) is 45.7 Å². The first kappa shape index (κ1) is 16.8.